The molecule has 0 atom stereocenters. The maximum Gasteiger partial charge on any atom is 0.194 e. The van der Waals surface area contributed by atoms with Crippen LogP contribution >= 0.6 is 11.3 Å². The predicted molar refractivity (Wildman–Crippen MR) is 106 cm³/mol. The Morgan fingerprint density at radius 2 is 1.56 bits per heavy atom. The smallest absolute Gasteiger partial charge is 0.194 e. The van der Waals surface area contributed by atoms with Gasteiger partial charge in [-0.3, -0.25) is 4.40 Å². The molecule has 3 nitrogen and oxygen atoms in total. The Balaban J connectivity index is 1.81. The molecule has 0 spiro atoms. The average Bonchev–Trinajstić information content (AvgIpc) is 3.16. The van der Waals surface area contributed by atoms with E-state index in [1.807, 2.05) is 6.07 Å². The third kappa shape index (κ3) is 2.68. The van der Waals surface area contributed by atoms with Gasteiger partial charge in [0.2, 0.25) is 0 Å². The molecule has 0 aliphatic carbocycles. The molecule has 2 N–H and O–H groups in total. The topological polar surface area (TPSA) is 43.3 Å². The fourth-order valence-electron chi connectivity index (χ4n) is 3.41. The molecular weight excluding hydrogens is 326 g/mol. The third-order valence-corrected chi connectivity index (χ3v) is 5.65. The van der Waals surface area contributed by atoms with Crippen LogP contribution in [0.5, 0.6) is 0 Å². The zero-order valence-corrected chi connectivity index (χ0v) is 15.3. The molecule has 4 rings (SSSR count). The van der Waals surface area contributed by atoms with Gasteiger partial charge >= 0.3 is 0 Å². The van der Waals surface area contributed by atoms with Gasteiger partial charge in [0.15, 0.2) is 4.96 Å². The summed E-state index contributed by atoms with van der Waals surface area (Å²) < 4.78 is 2.25. The molecule has 25 heavy (non-hydrogen) atoms. The van der Waals surface area contributed by atoms with E-state index in [1.54, 1.807) is 11.3 Å². The molecular formula is C21H21N3S. The number of aromatic nitrogens is 2. The molecule has 0 amide bonds. The third-order valence-electron chi connectivity index (χ3n) is 4.66. The summed E-state index contributed by atoms with van der Waals surface area (Å²) in [6, 6.07) is 19.0. The number of fused-ring (bicyclic) bond motifs is 1. The summed E-state index contributed by atoms with van der Waals surface area (Å²) in [4.78, 5) is 7.25. The maximum atomic E-state index is 6.10. The summed E-state index contributed by atoms with van der Waals surface area (Å²) in [7, 11) is 0. The van der Waals surface area contributed by atoms with Gasteiger partial charge in [0.25, 0.3) is 0 Å². The molecule has 2 aromatic heterocycles. The second-order valence-electron chi connectivity index (χ2n) is 6.13. The monoisotopic (exact) mass is 347 g/mol. The molecule has 0 unspecified atom stereocenters. The Morgan fingerprint density at radius 1 is 0.920 bits per heavy atom. The summed E-state index contributed by atoms with van der Waals surface area (Å²) in [6.07, 6.45) is 0.988. The van der Waals surface area contributed by atoms with E-state index < -0.39 is 0 Å². The number of hydrogen-bond donors (Lipinski definition) is 1. The first-order valence-electron chi connectivity index (χ1n) is 8.58. The lowest BCUT2D eigenvalue weighted by Gasteiger charge is -2.06. The van der Waals surface area contributed by atoms with E-state index in [0.717, 1.165) is 28.3 Å². The molecule has 4 heteroatoms. The van der Waals surface area contributed by atoms with Crippen LogP contribution in [0.15, 0.2) is 54.6 Å². The Labute approximate surface area is 151 Å². The van der Waals surface area contributed by atoms with Gasteiger partial charge in [-0.1, -0.05) is 61.5 Å². The lowest BCUT2D eigenvalue weighted by Crippen LogP contribution is -2.04. The fraction of sp³-hybridized carbons (Fsp3) is 0.190. The van der Waals surface area contributed by atoms with Crippen LogP contribution in [0.25, 0.3) is 27.3 Å². The van der Waals surface area contributed by atoms with E-state index >= 15 is 0 Å². The van der Waals surface area contributed by atoms with Crippen molar-refractivity contribution in [1.82, 2.24) is 9.38 Å². The molecule has 126 valence electrons. The van der Waals surface area contributed by atoms with Crippen LogP contribution in [0.1, 0.15) is 23.2 Å². The molecule has 0 bridgehead atoms. The first-order valence-corrected chi connectivity index (χ1v) is 9.40. The minimum atomic E-state index is 0.486. The number of aryl methyl sites for hydroxylation is 2. The van der Waals surface area contributed by atoms with E-state index in [-0.39, 0.29) is 0 Å². The van der Waals surface area contributed by atoms with Crippen molar-refractivity contribution in [2.45, 2.75) is 26.8 Å². The number of benzene rings is 2. The number of hydrogen-bond acceptors (Lipinski definition) is 3. The van der Waals surface area contributed by atoms with Gasteiger partial charge in [0.1, 0.15) is 0 Å². The van der Waals surface area contributed by atoms with Gasteiger partial charge in [0.05, 0.1) is 11.4 Å². The Bertz CT molecular complexity index is 1010. The van der Waals surface area contributed by atoms with E-state index in [1.165, 1.54) is 21.7 Å². The Hall–Kier alpha value is -2.43. The average molecular weight is 347 g/mol. The van der Waals surface area contributed by atoms with Crippen molar-refractivity contribution < 1.29 is 0 Å². The normalized spacial score (nSPS) is 11.3. The number of imidazole rings is 1. The second-order valence-corrected chi connectivity index (χ2v) is 7.31. The van der Waals surface area contributed by atoms with Gasteiger partial charge in [-0.25, -0.2) is 4.98 Å². The minimum absolute atomic E-state index is 0.486. The van der Waals surface area contributed by atoms with Crippen molar-refractivity contribution >= 4 is 16.3 Å². The van der Waals surface area contributed by atoms with Crippen molar-refractivity contribution in [3.05, 3.63) is 70.9 Å². The standard InChI is InChI=1S/C21H21N3S/c1-3-18-14(2)25-21-23-20(19(13-22)24(18)21)17-11-9-16(10-12-17)15-7-5-4-6-8-15/h4-12H,3,13,22H2,1-2H3. The van der Waals surface area contributed by atoms with Crippen LogP contribution in [0.3, 0.4) is 0 Å². The van der Waals surface area contributed by atoms with Crippen LogP contribution in [0, 0.1) is 6.92 Å². The highest BCUT2D eigenvalue weighted by molar-refractivity contribution is 7.17. The van der Waals surface area contributed by atoms with E-state index in [9.17, 15) is 0 Å². The zero-order chi connectivity index (χ0) is 17.4. The van der Waals surface area contributed by atoms with Gasteiger partial charge in [-0.15, -0.1) is 11.3 Å². The van der Waals surface area contributed by atoms with Gasteiger partial charge in [-0.05, 0) is 24.5 Å². The lowest BCUT2D eigenvalue weighted by molar-refractivity contribution is 0.902. The zero-order valence-electron chi connectivity index (χ0n) is 14.5. The minimum Gasteiger partial charge on any atom is -0.325 e. The van der Waals surface area contributed by atoms with Crippen LogP contribution in [-0.4, -0.2) is 9.38 Å². The Morgan fingerprint density at radius 3 is 2.20 bits per heavy atom. The molecule has 0 aliphatic rings. The summed E-state index contributed by atoms with van der Waals surface area (Å²) >= 11 is 1.74. The summed E-state index contributed by atoms with van der Waals surface area (Å²) in [5.74, 6) is 0. The number of nitrogens with two attached hydrogens (primary N) is 1. The van der Waals surface area contributed by atoms with Gasteiger partial charge in [0, 0.05) is 22.7 Å². The van der Waals surface area contributed by atoms with E-state index in [0.29, 0.717) is 6.54 Å². The molecule has 2 heterocycles. The number of nitrogens with zero attached hydrogens (tertiary/aromatic N) is 2. The van der Waals surface area contributed by atoms with Crippen LogP contribution in [0.2, 0.25) is 0 Å². The van der Waals surface area contributed by atoms with Crippen molar-refractivity contribution in [2.75, 3.05) is 0 Å². The summed E-state index contributed by atoms with van der Waals surface area (Å²) in [6.45, 7) is 4.83. The van der Waals surface area contributed by atoms with Crippen molar-refractivity contribution in [1.29, 1.82) is 0 Å². The number of rotatable bonds is 4. The SMILES string of the molecule is CCc1c(C)sc2nc(-c3ccc(-c4ccccc4)cc3)c(CN)n12. The molecule has 0 aliphatic heterocycles. The molecule has 0 fully saturated rings. The number of thiazole rings is 1. The van der Waals surface area contributed by atoms with Crippen molar-refractivity contribution in [3.8, 4) is 22.4 Å². The van der Waals surface area contributed by atoms with E-state index in [2.05, 4.69) is 66.8 Å². The highest BCUT2D eigenvalue weighted by Gasteiger charge is 2.18. The van der Waals surface area contributed by atoms with Gasteiger partial charge < -0.3 is 5.73 Å². The molecule has 4 aromatic rings. The molecule has 2 aromatic carbocycles. The summed E-state index contributed by atoms with van der Waals surface area (Å²) in [5, 5.41) is 0. The first kappa shape index (κ1) is 16.1. The van der Waals surface area contributed by atoms with Crippen LogP contribution in [0.4, 0.5) is 0 Å². The maximum absolute atomic E-state index is 6.10. The van der Waals surface area contributed by atoms with E-state index in [4.69, 9.17) is 10.7 Å². The summed E-state index contributed by atoms with van der Waals surface area (Å²) in [5.41, 5.74) is 13.1. The lowest BCUT2D eigenvalue weighted by atomic mass is 10.0. The second kappa shape index (κ2) is 6.47. The highest BCUT2D eigenvalue weighted by atomic mass is 32.1. The van der Waals surface area contributed by atoms with Crippen molar-refractivity contribution in [2.24, 2.45) is 5.73 Å². The van der Waals surface area contributed by atoms with Crippen molar-refractivity contribution in [3.63, 3.8) is 0 Å². The predicted octanol–water partition coefficient (Wildman–Crippen LogP) is 5.06. The molecule has 0 saturated carbocycles. The Kier molecular flexibility index (Phi) is 4.15. The largest absolute Gasteiger partial charge is 0.325 e. The molecule has 0 radical (unpaired) electrons. The van der Waals surface area contributed by atoms with Gasteiger partial charge in [-0.2, -0.15) is 0 Å². The highest BCUT2D eigenvalue weighted by Crippen LogP contribution is 2.32. The first-order chi connectivity index (χ1) is 12.2. The fourth-order valence-corrected chi connectivity index (χ4v) is 4.48. The quantitative estimate of drug-likeness (QED) is 0.561. The van der Waals surface area contributed by atoms with Crippen LogP contribution < -0.4 is 5.73 Å². The van der Waals surface area contributed by atoms with Crippen LogP contribution in [-0.2, 0) is 13.0 Å². The molecule has 0 saturated heterocycles.